The first-order valence-electron chi connectivity index (χ1n) is 6.49. The topological polar surface area (TPSA) is 38.3 Å². The van der Waals surface area contributed by atoms with Crippen molar-refractivity contribution in [3.63, 3.8) is 0 Å². The van der Waals surface area contributed by atoms with Gasteiger partial charge in [0.05, 0.1) is 5.69 Å². The Morgan fingerprint density at radius 2 is 1.85 bits per heavy atom. The summed E-state index contributed by atoms with van der Waals surface area (Å²) >= 11 is 4.29. The first-order chi connectivity index (χ1) is 9.70. The average molecular weight is 287 g/mol. The molecule has 20 heavy (non-hydrogen) atoms. The van der Waals surface area contributed by atoms with Crippen molar-refractivity contribution in [1.29, 1.82) is 0 Å². The first kappa shape index (κ1) is 14.5. The minimum atomic E-state index is -0.197. The van der Waals surface area contributed by atoms with E-state index in [0.29, 0.717) is 5.69 Å². The number of hydrogen-bond acceptors (Lipinski definition) is 3. The Kier molecular flexibility index (Phi) is 5.07. The molecule has 2 aromatic rings. The summed E-state index contributed by atoms with van der Waals surface area (Å²) in [6.07, 6.45) is 0.872. The van der Waals surface area contributed by atoms with Crippen molar-refractivity contribution < 1.29 is 9.53 Å². The second-order valence-corrected chi connectivity index (χ2v) is 4.80. The number of hydrogen-bond donors (Lipinski definition) is 2. The zero-order chi connectivity index (χ0) is 14.4. The molecule has 0 aromatic heterocycles. The van der Waals surface area contributed by atoms with Crippen LogP contribution >= 0.6 is 12.6 Å². The summed E-state index contributed by atoms with van der Waals surface area (Å²) in [6, 6.07) is 15.1. The Balaban J connectivity index is 1.94. The molecule has 0 aliphatic rings. The molecule has 0 unspecified atom stereocenters. The Hall–Kier alpha value is -1.94. The van der Waals surface area contributed by atoms with Crippen LogP contribution in [0.5, 0.6) is 5.75 Å². The molecule has 0 saturated carbocycles. The van der Waals surface area contributed by atoms with Gasteiger partial charge in [0, 0.05) is 4.90 Å². The third kappa shape index (κ3) is 3.78. The minimum absolute atomic E-state index is 0.0148. The summed E-state index contributed by atoms with van der Waals surface area (Å²) in [6.45, 7) is 2.04. The number of para-hydroxylation sites is 2. The fourth-order valence-corrected chi connectivity index (χ4v) is 2.06. The molecule has 2 aromatic carbocycles. The summed E-state index contributed by atoms with van der Waals surface area (Å²) in [5.41, 5.74) is 1.78. The van der Waals surface area contributed by atoms with Gasteiger partial charge in [0.15, 0.2) is 6.61 Å². The number of amides is 1. The standard InChI is InChI=1S/C16H17NO2S/c1-2-12-7-3-5-9-14(12)19-11-16(18)17-13-8-4-6-10-15(13)20/h3-10,20H,2,11H2,1H3,(H,17,18). The van der Waals surface area contributed by atoms with Crippen molar-refractivity contribution in [3.8, 4) is 5.75 Å². The van der Waals surface area contributed by atoms with E-state index >= 15 is 0 Å². The minimum Gasteiger partial charge on any atom is -0.483 e. The van der Waals surface area contributed by atoms with Gasteiger partial charge in [-0.3, -0.25) is 4.79 Å². The van der Waals surface area contributed by atoms with E-state index < -0.39 is 0 Å². The van der Waals surface area contributed by atoms with Crippen molar-refractivity contribution in [1.82, 2.24) is 0 Å². The largest absolute Gasteiger partial charge is 0.483 e. The maximum Gasteiger partial charge on any atom is 0.262 e. The zero-order valence-electron chi connectivity index (χ0n) is 11.3. The molecular weight excluding hydrogens is 270 g/mol. The van der Waals surface area contributed by atoms with Crippen LogP contribution in [0.15, 0.2) is 53.4 Å². The number of carbonyl (C=O) groups is 1. The molecule has 2 rings (SSSR count). The molecular formula is C16H17NO2S. The quantitative estimate of drug-likeness (QED) is 0.825. The zero-order valence-corrected chi connectivity index (χ0v) is 12.2. The third-order valence-electron chi connectivity index (χ3n) is 2.89. The lowest BCUT2D eigenvalue weighted by atomic mass is 10.1. The molecule has 104 valence electrons. The van der Waals surface area contributed by atoms with Gasteiger partial charge >= 0.3 is 0 Å². The number of carbonyl (C=O) groups excluding carboxylic acids is 1. The van der Waals surface area contributed by atoms with Gasteiger partial charge in [0.1, 0.15) is 5.75 Å². The maximum atomic E-state index is 11.9. The van der Waals surface area contributed by atoms with Crippen LogP contribution in [0, 0.1) is 0 Å². The molecule has 0 aliphatic carbocycles. The number of anilines is 1. The molecule has 0 heterocycles. The Morgan fingerprint density at radius 3 is 2.60 bits per heavy atom. The number of ether oxygens (including phenoxy) is 1. The normalized spacial score (nSPS) is 10.1. The van der Waals surface area contributed by atoms with Crippen molar-refractivity contribution in [3.05, 3.63) is 54.1 Å². The van der Waals surface area contributed by atoms with Crippen LogP contribution in [-0.2, 0) is 11.2 Å². The summed E-state index contributed by atoms with van der Waals surface area (Å²) in [5.74, 6) is 0.557. The molecule has 0 saturated heterocycles. The molecule has 0 radical (unpaired) electrons. The van der Waals surface area contributed by atoms with Crippen molar-refractivity contribution >= 4 is 24.2 Å². The van der Waals surface area contributed by atoms with Crippen LogP contribution in [0.2, 0.25) is 0 Å². The van der Waals surface area contributed by atoms with Crippen molar-refractivity contribution in [2.75, 3.05) is 11.9 Å². The molecule has 0 aliphatic heterocycles. The van der Waals surface area contributed by atoms with Gasteiger partial charge in [-0.25, -0.2) is 0 Å². The lowest BCUT2D eigenvalue weighted by Gasteiger charge is -2.11. The second kappa shape index (κ2) is 7.01. The van der Waals surface area contributed by atoms with Crippen LogP contribution in [0.25, 0.3) is 0 Å². The highest BCUT2D eigenvalue weighted by Gasteiger charge is 2.07. The highest BCUT2D eigenvalue weighted by atomic mass is 32.1. The second-order valence-electron chi connectivity index (χ2n) is 4.32. The van der Waals surface area contributed by atoms with Gasteiger partial charge in [-0.1, -0.05) is 37.3 Å². The van der Waals surface area contributed by atoms with Crippen LogP contribution in [-0.4, -0.2) is 12.5 Å². The van der Waals surface area contributed by atoms with E-state index in [4.69, 9.17) is 4.74 Å². The molecule has 0 bridgehead atoms. The summed E-state index contributed by atoms with van der Waals surface area (Å²) in [4.78, 5) is 12.6. The van der Waals surface area contributed by atoms with Crippen molar-refractivity contribution in [2.45, 2.75) is 18.2 Å². The van der Waals surface area contributed by atoms with Crippen LogP contribution in [0.3, 0.4) is 0 Å². The highest BCUT2D eigenvalue weighted by Crippen LogP contribution is 2.20. The number of rotatable bonds is 5. The van der Waals surface area contributed by atoms with Gasteiger partial charge in [-0.15, -0.1) is 12.6 Å². The van der Waals surface area contributed by atoms with Crippen LogP contribution < -0.4 is 10.1 Å². The highest BCUT2D eigenvalue weighted by molar-refractivity contribution is 7.80. The smallest absolute Gasteiger partial charge is 0.262 e. The van der Waals surface area contributed by atoms with Crippen molar-refractivity contribution in [2.24, 2.45) is 0 Å². The van der Waals surface area contributed by atoms with Gasteiger partial charge in [0.2, 0.25) is 0 Å². The van der Waals surface area contributed by atoms with Gasteiger partial charge in [-0.2, -0.15) is 0 Å². The fraction of sp³-hybridized carbons (Fsp3) is 0.188. The van der Waals surface area contributed by atoms with Gasteiger partial charge < -0.3 is 10.1 Å². The lowest BCUT2D eigenvalue weighted by Crippen LogP contribution is -2.20. The van der Waals surface area contributed by atoms with E-state index in [-0.39, 0.29) is 12.5 Å². The van der Waals surface area contributed by atoms with Gasteiger partial charge in [0.25, 0.3) is 5.91 Å². The number of thiol groups is 1. The monoisotopic (exact) mass is 287 g/mol. The van der Waals surface area contributed by atoms with Gasteiger partial charge in [-0.05, 0) is 30.2 Å². The predicted octanol–water partition coefficient (Wildman–Crippen LogP) is 3.56. The number of nitrogens with one attached hydrogen (secondary N) is 1. The van der Waals surface area contributed by atoms with E-state index in [1.807, 2.05) is 42.5 Å². The SMILES string of the molecule is CCc1ccccc1OCC(=O)Nc1ccccc1S. The molecule has 0 spiro atoms. The van der Waals surface area contributed by atoms with E-state index in [9.17, 15) is 4.79 Å². The first-order valence-corrected chi connectivity index (χ1v) is 6.94. The Bertz CT molecular complexity index is 599. The van der Waals surface area contributed by atoms with E-state index in [1.54, 1.807) is 6.07 Å². The summed E-state index contributed by atoms with van der Waals surface area (Å²) in [7, 11) is 0. The van der Waals surface area contributed by atoms with Crippen LogP contribution in [0.4, 0.5) is 5.69 Å². The number of benzene rings is 2. The maximum absolute atomic E-state index is 11.9. The molecule has 4 heteroatoms. The predicted molar refractivity (Wildman–Crippen MR) is 83.6 cm³/mol. The molecule has 1 N–H and O–H groups in total. The molecule has 1 amide bonds. The Labute approximate surface area is 124 Å². The van der Waals surface area contributed by atoms with Crippen LogP contribution in [0.1, 0.15) is 12.5 Å². The average Bonchev–Trinajstić information content (AvgIpc) is 2.48. The van der Waals surface area contributed by atoms with E-state index in [1.165, 1.54) is 0 Å². The van der Waals surface area contributed by atoms with E-state index in [0.717, 1.165) is 22.6 Å². The fourth-order valence-electron chi connectivity index (χ4n) is 1.85. The summed E-state index contributed by atoms with van der Waals surface area (Å²) in [5, 5.41) is 2.78. The summed E-state index contributed by atoms with van der Waals surface area (Å²) < 4.78 is 5.56. The third-order valence-corrected chi connectivity index (χ3v) is 3.28. The molecule has 0 atom stereocenters. The number of aryl methyl sites for hydroxylation is 1. The lowest BCUT2D eigenvalue weighted by molar-refractivity contribution is -0.118. The molecule has 0 fully saturated rings. The van der Waals surface area contributed by atoms with E-state index in [2.05, 4.69) is 24.9 Å². The Morgan fingerprint density at radius 1 is 1.15 bits per heavy atom. The molecule has 3 nitrogen and oxygen atoms in total.